The number of aromatic amines is 1. The van der Waals surface area contributed by atoms with Gasteiger partial charge in [0, 0.05) is 65.9 Å². The molecule has 1 aliphatic rings. The van der Waals surface area contributed by atoms with Crippen LogP contribution in [0.2, 0.25) is 0 Å². The lowest BCUT2D eigenvalue weighted by molar-refractivity contribution is 0.641. The van der Waals surface area contributed by atoms with Crippen molar-refractivity contribution in [2.45, 2.75) is 19.4 Å². The quantitative estimate of drug-likeness (QED) is 0.442. The highest BCUT2D eigenvalue weighted by molar-refractivity contribution is 5.89. The van der Waals surface area contributed by atoms with Gasteiger partial charge >= 0.3 is 0 Å². The van der Waals surface area contributed by atoms with Gasteiger partial charge in [0.15, 0.2) is 5.65 Å². The van der Waals surface area contributed by atoms with E-state index in [4.69, 9.17) is 4.98 Å². The van der Waals surface area contributed by atoms with E-state index >= 15 is 0 Å². The van der Waals surface area contributed by atoms with Crippen molar-refractivity contribution >= 4 is 27.5 Å². The van der Waals surface area contributed by atoms with Crippen molar-refractivity contribution in [2.24, 2.45) is 0 Å². The number of fused-ring (bicyclic) bond motifs is 5. The molecule has 0 saturated heterocycles. The van der Waals surface area contributed by atoms with E-state index in [1.165, 1.54) is 22.2 Å². The van der Waals surface area contributed by atoms with Crippen LogP contribution in [-0.4, -0.2) is 36.3 Å². The van der Waals surface area contributed by atoms with Crippen LogP contribution in [0.25, 0.3) is 38.7 Å². The molecular weight excluding hydrogens is 410 g/mol. The van der Waals surface area contributed by atoms with Crippen LogP contribution in [-0.2, 0) is 19.4 Å². The Labute approximate surface area is 189 Å². The molecule has 5 heterocycles. The number of nitrogens with one attached hydrogen (secondary N) is 2. The predicted molar refractivity (Wildman–Crippen MR) is 128 cm³/mol. The molecule has 33 heavy (non-hydrogen) atoms. The van der Waals surface area contributed by atoms with Gasteiger partial charge in [-0.3, -0.25) is 4.98 Å². The SMILES string of the molecule is c1cnc2ccc(Cc3nnn4ccc(-c5ccc6[nH]c7c(c6c5)CNCC7)nc34)cc2c1. The van der Waals surface area contributed by atoms with Gasteiger partial charge in [0.1, 0.15) is 5.69 Å². The van der Waals surface area contributed by atoms with Crippen molar-refractivity contribution in [2.75, 3.05) is 6.54 Å². The molecule has 1 aliphatic heterocycles. The zero-order valence-corrected chi connectivity index (χ0v) is 17.9. The van der Waals surface area contributed by atoms with Gasteiger partial charge in [-0.2, -0.15) is 0 Å². The molecule has 7 nitrogen and oxygen atoms in total. The van der Waals surface area contributed by atoms with E-state index in [2.05, 4.69) is 68.1 Å². The number of hydrogen-bond acceptors (Lipinski definition) is 5. The lowest BCUT2D eigenvalue weighted by Gasteiger charge is -2.12. The smallest absolute Gasteiger partial charge is 0.179 e. The van der Waals surface area contributed by atoms with Crippen LogP contribution in [0.1, 0.15) is 22.5 Å². The number of pyridine rings is 1. The molecular formula is C26H21N7. The third-order valence-electron chi connectivity index (χ3n) is 6.52. The lowest BCUT2D eigenvalue weighted by Crippen LogP contribution is -2.22. The van der Waals surface area contributed by atoms with Gasteiger partial charge in [-0.25, -0.2) is 9.50 Å². The fourth-order valence-electron chi connectivity index (χ4n) is 4.84. The summed E-state index contributed by atoms with van der Waals surface area (Å²) in [5, 5.41) is 14.6. The van der Waals surface area contributed by atoms with Crippen LogP contribution in [0.15, 0.2) is 67.0 Å². The zero-order valence-electron chi connectivity index (χ0n) is 17.9. The predicted octanol–water partition coefficient (Wildman–Crippen LogP) is 4.06. The maximum Gasteiger partial charge on any atom is 0.179 e. The van der Waals surface area contributed by atoms with Crippen LogP contribution in [0.5, 0.6) is 0 Å². The Balaban J connectivity index is 1.28. The molecule has 0 amide bonds. The molecule has 160 valence electrons. The Kier molecular flexibility index (Phi) is 4.04. The van der Waals surface area contributed by atoms with Gasteiger partial charge in [-0.05, 0) is 47.5 Å². The van der Waals surface area contributed by atoms with E-state index < -0.39 is 0 Å². The molecule has 0 spiro atoms. The average Bonchev–Trinajstić information content (AvgIpc) is 3.44. The Hall–Kier alpha value is -4.10. The standard InChI is InChI=1S/C26H21N7/c1-2-17-12-16(3-5-21(17)28-9-1)13-25-26-30-22(8-11-33(26)32-31-25)18-4-6-23-19(14-18)20-15-27-10-7-24(20)29-23/h1-6,8-9,11-12,14,27,29H,7,10,13,15H2. The number of nitrogens with zero attached hydrogens (tertiary/aromatic N) is 5. The molecule has 0 unspecified atom stereocenters. The molecule has 0 saturated carbocycles. The molecule has 0 aliphatic carbocycles. The fraction of sp³-hybridized carbons (Fsp3) is 0.154. The van der Waals surface area contributed by atoms with Gasteiger partial charge < -0.3 is 10.3 Å². The van der Waals surface area contributed by atoms with Crippen molar-refractivity contribution in [1.82, 2.24) is 35.1 Å². The van der Waals surface area contributed by atoms with E-state index in [1.54, 1.807) is 4.52 Å². The Morgan fingerprint density at radius 1 is 1.03 bits per heavy atom. The van der Waals surface area contributed by atoms with E-state index in [1.807, 2.05) is 24.5 Å². The summed E-state index contributed by atoms with van der Waals surface area (Å²) in [6, 6.07) is 18.9. The molecule has 4 aromatic heterocycles. The molecule has 0 bridgehead atoms. The van der Waals surface area contributed by atoms with Gasteiger partial charge in [0.05, 0.1) is 11.2 Å². The first-order valence-corrected chi connectivity index (χ1v) is 11.2. The largest absolute Gasteiger partial charge is 0.358 e. The summed E-state index contributed by atoms with van der Waals surface area (Å²) < 4.78 is 1.75. The van der Waals surface area contributed by atoms with E-state index in [0.29, 0.717) is 6.42 Å². The minimum Gasteiger partial charge on any atom is -0.358 e. The third kappa shape index (κ3) is 3.08. The van der Waals surface area contributed by atoms with Crippen molar-refractivity contribution in [1.29, 1.82) is 0 Å². The molecule has 0 radical (unpaired) electrons. The zero-order chi connectivity index (χ0) is 21.8. The average molecular weight is 432 g/mol. The van der Waals surface area contributed by atoms with Crippen molar-refractivity contribution in [3.8, 4) is 11.3 Å². The summed E-state index contributed by atoms with van der Waals surface area (Å²) in [5.74, 6) is 0. The minimum absolute atomic E-state index is 0.667. The van der Waals surface area contributed by atoms with E-state index in [0.717, 1.165) is 58.6 Å². The summed E-state index contributed by atoms with van der Waals surface area (Å²) in [4.78, 5) is 13.0. The second kappa shape index (κ2) is 7.21. The van der Waals surface area contributed by atoms with Crippen molar-refractivity contribution in [3.05, 3.63) is 89.5 Å². The summed E-state index contributed by atoms with van der Waals surface area (Å²) in [6.45, 7) is 1.93. The van der Waals surface area contributed by atoms with Crippen LogP contribution in [0.3, 0.4) is 0 Å². The molecule has 2 N–H and O–H groups in total. The molecule has 7 heteroatoms. The monoisotopic (exact) mass is 431 g/mol. The number of H-pyrrole nitrogens is 1. The molecule has 7 rings (SSSR count). The second-order valence-corrected chi connectivity index (χ2v) is 8.59. The third-order valence-corrected chi connectivity index (χ3v) is 6.52. The van der Waals surface area contributed by atoms with E-state index in [-0.39, 0.29) is 0 Å². The van der Waals surface area contributed by atoms with Crippen molar-refractivity contribution in [3.63, 3.8) is 0 Å². The van der Waals surface area contributed by atoms with Crippen molar-refractivity contribution < 1.29 is 0 Å². The van der Waals surface area contributed by atoms with Gasteiger partial charge in [0.2, 0.25) is 0 Å². The lowest BCUT2D eigenvalue weighted by atomic mass is 10.0. The fourth-order valence-corrected chi connectivity index (χ4v) is 4.84. The Morgan fingerprint density at radius 3 is 3.03 bits per heavy atom. The van der Waals surface area contributed by atoms with Crippen LogP contribution >= 0.6 is 0 Å². The van der Waals surface area contributed by atoms with Crippen LogP contribution < -0.4 is 5.32 Å². The highest BCUT2D eigenvalue weighted by atomic mass is 15.4. The summed E-state index contributed by atoms with van der Waals surface area (Å²) in [7, 11) is 0. The molecule has 0 fully saturated rings. The maximum absolute atomic E-state index is 4.97. The van der Waals surface area contributed by atoms with E-state index in [9.17, 15) is 0 Å². The summed E-state index contributed by atoms with van der Waals surface area (Å²) in [5.41, 5.74) is 9.74. The van der Waals surface area contributed by atoms with Crippen LogP contribution in [0, 0.1) is 0 Å². The molecule has 0 atom stereocenters. The van der Waals surface area contributed by atoms with Crippen LogP contribution in [0.4, 0.5) is 0 Å². The first-order chi connectivity index (χ1) is 16.3. The highest BCUT2D eigenvalue weighted by Crippen LogP contribution is 2.29. The number of aromatic nitrogens is 6. The Morgan fingerprint density at radius 2 is 2.03 bits per heavy atom. The molecule has 6 aromatic rings. The maximum atomic E-state index is 4.97. The number of benzene rings is 2. The highest BCUT2D eigenvalue weighted by Gasteiger charge is 2.16. The number of hydrogen-bond donors (Lipinski definition) is 2. The second-order valence-electron chi connectivity index (χ2n) is 8.59. The first-order valence-electron chi connectivity index (χ1n) is 11.2. The normalized spacial score (nSPS) is 13.7. The van der Waals surface area contributed by atoms with Gasteiger partial charge in [-0.15, -0.1) is 5.10 Å². The summed E-state index contributed by atoms with van der Waals surface area (Å²) >= 11 is 0. The van der Waals surface area contributed by atoms with Gasteiger partial charge in [-0.1, -0.05) is 23.4 Å². The number of rotatable bonds is 3. The minimum atomic E-state index is 0.667. The Bertz CT molecular complexity index is 1660. The first kappa shape index (κ1) is 18.5. The molecule has 2 aromatic carbocycles. The van der Waals surface area contributed by atoms with Gasteiger partial charge in [0.25, 0.3) is 0 Å². The topological polar surface area (TPSA) is 83.8 Å². The summed E-state index contributed by atoms with van der Waals surface area (Å²) in [6.07, 6.45) is 5.47.